The molecule has 13 heavy (non-hydrogen) atoms. The summed E-state index contributed by atoms with van der Waals surface area (Å²) in [6.07, 6.45) is 7.47. The average Bonchev–Trinajstić information content (AvgIpc) is 2.57. The Hall–Kier alpha value is -1.04. The van der Waals surface area contributed by atoms with Crippen molar-refractivity contribution in [2.75, 3.05) is 0 Å². The quantitative estimate of drug-likeness (QED) is 0.650. The molecule has 1 aromatic carbocycles. The van der Waals surface area contributed by atoms with Gasteiger partial charge in [0.1, 0.15) is 0 Å². The SMILES string of the molecule is CCCCC1=Cc2ccccc2C1. The van der Waals surface area contributed by atoms with Gasteiger partial charge in [0.15, 0.2) is 0 Å². The highest BCUT2D eigenvalue weighted by Gasteiger charge is 2.10. The lowest BCUT2D eigenvalue weighted by Gasteiger charge is -1.99. The van der Waals surface area contributed by atoms with Crippen molar-refractivity contribution in [3.05, 3.63) is 41.0 Å². The van der Waals surface area contributed by atoms with Crippen molar-refractivity contribution in [1.82, 2.24) is 0 Å². The lowest BCUT2D eigenvalue weighted by molar-refractivity contribution is 0.779. The summed E-state index contributed by atoms with van der Waals surface area (Å²) in [5, 5.41) is 0. The molecule has 0 nitrogen and oxygen atoms in total. The van der Waals surface area contributed by atoms with Gasteiger partial charge in [-0.25, -0.2) is 0 Å². The molecule has 0 N–H and O–H groups in total. The maximum absolute atomic E-state index is 2.37. The second-order valence-electron chi connectivity index (χ2n) is 3.78. The van der Waals surface area contributed by atoms with E-state index in [2.05, 4.69) is 37.3 Å². The Morgan fingerprint density at radius 1 is 1.23 bits per heavy atom. The Morgan fingerprint density at radius 3 is 2.85 bits per heavy atom. The standard InChI is InChI=1S/C13H16/c1-2-3-6-11-9-12-7-4-5-8-13(12)10-11/h4-5,7-9H,2-3,6,10H2,1H3. The van der Waals surface area contributed by atoms with Gasteiger partial charge in [0.05, 0.1) is 0 Å². The molecular weight excluding hydrogens is 156 g/mol. The van der Waals surface area contributed by atoms with Gasteiger partial charge in [0.25, 0.3) is 0 Å². The van der Waals surface area contributed by atoms with Gasteiger partial charge in [-0.1, -0.05) is 49.3 Å². The van der Waals surface area contributed by atoms with Crippen LogP contribution in [0.25, 0.3) is 6.08 Å². The third-order valence-electron chi connectivity index (χ3n) is 2.68. The molecule has 0 bridgehead atoms. The van der Waals surface area contributed by atoms with Gasteiger partial charge in [-0.05, 0) is 30.4 Å². The minimum absolute atomic E-state index is 1.19. The fraction of sp³-hybridized carbons (Fsp3) is 0.385. The lowest BCUT2D eigenvalue weighted by Crippen LogP contribution is -1.84. The van der Waals surface area contributed by atoms with Crippen molar-refractivity contribution in [3.8, 4) is 0 Å². The van der Waals surface area contributed by atoms with Crippen LogP contribution in [-0.2, 0) is 6.42 Å². The van der Waals surface area contributed by atoms with Gasteiger partial charge < -0.3 is 0 Å². The molecule has 1 aliphatic carbocycles. The largest absolute Gasteiger partial charge is 0.0654 e. The van der Waals surface area contributed by atoms with Crippen molar-refractivity contribution in [1.29, 1.82) is 0 Å². The van der Waals surface area contributed by atoms with Gasteiger partial charge in [0, 0.05) is 0 Å². The molecule has 0 amide bonds. The lowest BCUT2D eigenvalue weighted by atomic mass is 10.1. The summed E-state index contributed by atoms with van der Waals surface area (Å²) in [4.78, 5) is 0. The normalized spacial score (nSPS) is 14.1. The molecule has 1 aromatic rings. The Labute approximate surface area is 80.3 Å². The highest BCUT2D eigenvalue weighted by Crippen LogP contribution is 2.27. The van der Waals surface area contributed by atoms with Crippen molar-refractivity contribution < 1.29 is 0 Å². The maximum atomic E-state index is 2.37. The topological polar surface area (TPSA) is 0 Å². The molecular formula is C13H16. The second kappa shape index (κ2) is 3.78. The first-order chi connectivity index (χ1) is 6.40. The zero-order chi connectivity index (χ0) is 9.10. The number of hydrogen-bond donors (Lipinski definition) is 0. The van der Waals surface area contributed by atoms with Crippen LogP contribution in [0.15, 0.2) is 29.8 Å². The molecule has 68 valence electrons. The number of fused-ring (bicyclic) bond motifs is 1. The molecule has 1 aliphatic rings. The molecule has 0 saturated heterocycles. The van der Waals surface area contributed by atoms with E-state index in [1.807, 2.05) is 0 Å². The van der Waals surface area contributed by atoms with Crippen LogP contribution in [0.4, 0.5) is 0 Å². The highest BCUT2D eigenvalue weighted by molar-refractivity contribution is 5.63. The molecule has 0 aromatic heterocycles. The van der Waals surface area contributed by atoms with E-state index in [0.29, 0.717) is 0 Å². The highest BCUT2D eigenvalue weighted by atomic mass is 14.1. The van der Waals surface area contributed by atoms with Gasteiger partial charge in [0.2, 0.25) is 0 Å². The van der Waals surface area contributed by atoms with Crippen molar-refractivity contribution in [2.24, 2.45) is 0 Å². The van der Waals surface area contributed by atoms with E-state index in [4.69, 9.17) is 0 Å². The Kier molecular flexibility index (Phi) is 2.49. The van der Waals surface area contributed by atoms with Crippen LogP contribution in [-0.4, -0.2) is 0 Å². The average molecular weight is 172 g/mol. The van der Waals surface area contributed by atoms with Crippen LogP contribution in [0.1, 0.15) is 37.3 Å². The van der Waals surface area contributed by atoms with Crippen LogP contribution in [0, 0.1) is 0 Å². The number of hydrogen-bond acceptors (Lipinski definition) is 0. The van der Waals surface area contributed by atoms with E-state index in [-0.39, 0.29) is 0 Å². The van der Waals surface area contributed by atoms with Gasteiger partial charge in [-0.15, -0.1) is 0 Å². The molecule has 0 atom stereocenters. The van der Waals surface area contributed by atoms with Gasteiger partial charge >= 0.3 is 0 Å². The van der Waals surface area contributed by atoms with E-state index in [1.165, 1.54) is 36.8 Å². The fourth-order valence-corrected chi connectivity index (χ4v) is 1.92. The van der Waals surface area contributed by atoms with Crippen LogP contribution in [0.2, 0.25) is 0 Å². The third-order valence-corrected chi connectivity index (χ3v) is 2.68. The van der Waals surface area contributed by atoms with Crippen LogP contribution < -0.4 is 0 Å². The summed E-state index contributed by atoms with van der Waals surface area (Å²) in [5.74, 6) is 0. The molecule has 0 saturated carbocycles. The maximum Gasteiger partial charge on any atom is -0.00578 e. The fourth-order valence-electron chi connectivity index (χ4n) is 1.92. The zero-order valence-electron chi connectivity index (χ0n) is 8.22. The summed E-state index contributed by atoms with van der Waals surface area (Å²) in [5.41, 5.74) is 4.56. The summed E-state index contributed by atoms with van der Waals surface area (Å²) < 4.78 is 0. The molecule has 0 unspecified atom stereocenters. The molecule has 0 radical (unpaired) electrons. The van der Waals surface area contributed by atoms with E-state index in [9.17, 15) is 0 Å². The predicted octanol–water partition coefficient (Wildman–Crippen LogP) is 3.82. The van der Waals surface area contributed by atoms with Crippen molar-refractivity contribution in [2.45, 2.75) is 32.6 Å². The Bertz CT molecular complexity index is 321. The number of benzene rings is 1. The molecule has 2 rings (SSSR count). The summed E-state index contributed by atoms with van der Waals surface area (Å²) >= 11 is 0. The zero-order valence-corrected chi connectivity index (χ0v) is 8.22. The monoisotopic (exact) mass is 172 g/mol. The first-order valence-electron chi connectivity index (χ1n) is 5.17. The number of allylic oxidation sites excluding steroid dienone is 1. The molecule has 0 aliphatic heterocycles. The Morgan fingerprint density at radius 2 is 2.08 bits per heavy atom. The minimum Gasteiger partial charge on any atom is -0.0654 e. The number of rotatable bonds is 3. The van der Waals surface area contributed by atoms with E-state index < -0.39 is 0 Å². The smallest absolute Gasteiger partial charge is 0.00578 e. The van der Waals surface area contributed by atoms with E-state index in [0.717, 1.165) is 0 Å². The van der Waals surface area contributed by atoms with E-state index in [1.54, 1.807) is 5.57 Å². The van der Waals surface area contributed by atoms with Crippen molar-refractivity contribution >= 4 is 6.08 Å². The van der Waals surface area contributed by atoms with Crippen LogP contribution >= 0.6 is 0 Å². The molecule has 0 spiro atoms. The summed E-state index contributed by atoms with van der Waals surface area (Å²) in [6, 6.07) is 8.71. The van der Waals surface area contributed by atoms with E-state index >= 15 is 0 Å². The van der Waals surface area contributed by atoms with Gasteiger partial charge in [-0.2, -0.15) is 0 Å². The molecule has 0 heterocycles. The molecule has 0 fully saturated rings. The van der Waals surface area contributed by atoms with Crippen LogP contribution in [0.3, 0.4) is 0 Å². The second-order valence-corrected chi connectivity index (χ2v) is 3.78. The first kappa shape index (κ1) is 8.55. The predicted molar refractivity (Wildman–Crippen MR) is 57.6 cm³/mol. The third kappa shape index (κ3) is 1.82. The Balaban J connectivity index is 2.08. The molecule has 0 heteroatoms. The minimum atomic E-state index is 1.19. The van der Waals surface area contributed by atoms with Crippen LogP contribution in [0.5, 0.6) is 0 Å². The van der Waals surface area contributed by atoms with Gasteiger partial charge in [-0.3, -0.25) is 0 Å². The summed E-state index contributed by atoms with van der Waals surface area (Å²) in [6.45, 7) is 2.25. The summed E-state index contributed by atoms with van der Waals surface area (Å²) in [7, 11) is 0. The van der Waals surface area contributed by atoms with Crippen molar-refractivity contribution in [3.63, 3.8) is 0 Å². The number of unbranched alkanes of at least 4 members (excludes halogenated alkanes) is 1. The first-order valence-corrected chi connectivity index (χ1v) is 5.17.